The zero-order valence-electron chi connectivity index (χ0n) is 11.8. The fourth-order valence-electron chi connectivity index (χ4n) is 3.26. The number of fused-ring (bicyclic) bond motifs is 1. The molecule has 0 aromatic rings. The Bertz CT molecular complexity index is 270. The van der Waals surface area contributed by atoms with E-state index in [1.807, 2.05) is 0 Å². The summed E-state index contributed by atoms with van der Waals surface area (Å²) in [6.45, 7) is 5.78. The van der Waals surface area contributed by atoms with Gasteiger partial charge in [0, 0.05) is 18.6 Å². The SMILES string of the molecule is CC(C)CC(CNC1CC2CC=CC21)N(C)C. The smallest absolute Gasteiger partial charge is 0.0217 e. The number of nitrogens with one attached hydrogen (secondary N) is 1. The zero-order chi connectivity index (χ0) is 12.4. The van der Waals surface area contributed by atoms with Gasteiger partial charge in [-0.1, -0.05) is 26.0 Å². The van der Waals surface area contributed by atoms with Crippen molar-refractivity contribution in [2.45, 2.75) is 45.2 Å². The van der Waals surface area contributed by atoms with Crippen LogP contribution in [0.4, 0.5) is 0 Å². The van der Waals surface area contributed by atoms with Crippen LogP contribution in [0.2, 0.25) is 0 Å². The molecule has 1 N–H and O–H groups in total. The first kappa shape index (κ1) is 13.1. The molecule has 2 nitrogen and oxygen atoms in total. The number of nitrogens with zero attached hydrogens (tertiary/aromatic N) is 1. The largest absolute Gasteiger partial charge is 0.312 e. The Morgan fingerprint density at radius 2 is 2.12 bits per heavy atom. The van der Waals surface area contributed by atoms with Crippen LogP contribution in [0.3, 0.4) is 0 Å². The summed E-state index contributed by atoms with van der Waals surface area (Å²) in [5.74, 6) is 2.59. The molecule has 17 heavy (non-hydrogen) atoms. The minimum absolute atomic E-state index is 0.680. The molecule has 98 valence electrons. The van der Waals surface area contributed by atoms with Gasteiger partial charge in [0.2, 0.25) is 0 Å². The summed E-state index contributed by atoms with van der Waals surface area (Å²) in [5, 5.41) is 3.78. The van der Waals surface area contributed by atoms with Gasteiger partial charge in [0.25, 0.3) is 0 Å². The van der Waals surface area contributed by atoms with Gasteiger partial charge in [-0.15, -0.1) is 0 Å². The molecule has 2 aliphatic carbocycles. The Balaban J connectivity index is 1.74. The molecule has 1 saturated carbocycles. The highest BCUT2D eigenvalue weighted by atomic mass is 15.1. The molecule has 0 amide bonds. The van der Waals surface area contributed by atoms with E-state index in [0.29, 0.717) is 6.04 Å². The minimum atomic E-state index is 0.680. The predicted octanol–water partition coefficient (Wildman–Crippen LogP) is 2.52. The number of allylic oxidation sites excluding steroid dienone is 1. The zero-order valence-corrected chi connectivity index (χ0v) is 11.8. The van der Waals surface area contributed by atoms with Crippen molar-refractivity contribution in [1.82, 2.24) is 10.2 Å². The average Bonchev–Trinajstić information content (AvgIpc) is 2.58. The molecular formula is C15H28N2. The summed E-state index contributed by atoms with van der Waals surface area (Å²) >= 11 is 0. The summed E-state index contributed by atoms with van der Waals surface area (Å²) in [7, 11) is 4.40. The van der Waals surface area contributed by atoms with Crippen LogP contribution in [0.5, 0.6) is 0 Å². The second kappa shape index (κ2) is 5.53. The Kier molecular flexibility index (Phi) is 4.26. The highest BCUT2D eigenvalue weighted by Gasteiger charge is 2.40. The van der Waals surface area contributed by atoms with Crippen LogP contribution >= 0.6 is 0 Å². The molecule has 0 radical (unpaired) electrons. The maximum atomic E-state index is 3.78. The van der Waals surface area contributed by atoms with E-state index in [2.05, 4.69) is 50.3 Å². The molecule has 2 heteroatoms. The second-order valence-corrected chi connectivity index (χ2v) is 6.50. The summed E-state index contributed by atoms with van der Waals surface area (Å²) in [4.78, 5) is 2.37. The quantitative estimate of drug-likeness (QED) is 0.713. The molecule has 1 fully saturated rings. The Morgan fingerprint density at radius 3 is 2.71 bits per heavy atom. The standard InChI is InChI=1S/C15H28N2/c1-11(2)8-13(17(3)4)10-16-15-9-12-6-5-7-14(12)15/h5,7,11-16H,6,8-10H2,1-4H3. The van der Waals surface area contributed by atoms with Crippen LogP contribution < -0.4 is 5.32 Å². The highest BCUT2D eigenvalue weighted by molar-refractivity contribution is 5.12. The molecule has 0 spiro atoms. The number of likely N-dealkylation sites (N-methyl/N-ethyl adjacent to an activating group) is 1. The molecule has 0 aromatic carbocycles. The van der Waals surface area contributed by atoms with Gasteiger partial charge in [0.1, 0.15) is 0 Å². The molecule has 0 bridgehead atoms. The lowest BCUT2D eigenvalue weighted by Crippen LogP contribution is -2.51. The molecular weight excluding hydrogens is 208 g/mol. The third kappa shape index (κ3) is 3.11. The van der Waals surface area contributed by atoms with Crippen molar-refractivity contribution in [2.24, 2.45) is 17.8 Å². The third-order valence-corrected chi connectivity index (χ3v) is 4.45. The molecule has 0 aliphatic heterocycles. The van der Waals surface area contributed by atoms with Gasteiger partial charge in [0.05, 0.1) is 0 Å². The Morgan fingerprint density at radius 1 is 1.35 bits per heavy atom. The van der Waals surface area contributed by atoms with Crippen molar-refractivity contribution < 1.29 is 0 Å². The lowest BCUT2D eigenvalue weighted by Gasteiger charge is -2.42. The molecule has 0 heterocycles. The number of hydrogen-bond acceptors (Lipinski definition) is 2. The van der Waals surface area contributed by atoms with Gasteiger partial charge in [-0.05, 0) is 51.1 Å². The van der Waals surface area contributed by atoms with Crippen LogP contribution in [0.1, 0.15) is 33.1 Å². The maximum absolute atomic E-state index is 3.78. The van der Waals surface area contributed by atoms with Gasteiger partial charge in [-0.2, -0.15) is 0 Å². The van der Waals surface area contributed by atoms with Gasteiger partial charge >= 0.3 is 0 Å². The molecule has 0 aromatic heterocycles. The first-order valence-corrected chi connectivity index (χ1v) is 7.14. The third-order valence-electron chi connectivity index (χ3n) is 4.45. The topological polar surface area (TPSA) is 15.3 Å². The maximum Gasteiger partial charge on any atom is 0.0217 e. The van der Waals surface area contributed by atoms with Crippen molar-refractivity contribution in [2.75, 3.05) is 20.6 Å². The van der Waals surface area contributed by atoms with E-state index in [-0.39, 0.29) is 0 Å². The lowest BCUT2D eigenvalue weighted by molar-refractivity contribution is 0.145. The van der Waals surface area contributed by atoms with E-state index in [0.717, 1.165) is 30.3 Å². The van der Waals surface area contributed by atoms with E-state index < -0.39 is 0 Å². The molecule has 4 unspecified atom stereocenters. The van der Waals surface area contributed by atoms with Crippen molar-refractivity contribution in [3.05, 3.63) is 12.2 Å². The monoisotopic (exact) mass is 236 g/mol. The van der Waals surface area contributed by atoms with Crippen LogP contribution in [0, 0.1) is 17.8 Å². The van der Waals surface area contributed by atoms with Gasteiger partial charge in [-0.25, -0.2) is 0 Å². The summed E-state index contributed by atoms with van der Waals surface area (Å²) in [6.07, 6.45) is 8.80. The van der Waals surface area contributed by atoms with Crippen molar-refractivity contribution in [1.29, 1.82) is 0 Å². The Hall–Kier alpha value is -0.340. The van der Waals surface area contributed by atoms with Crippen LogP contribution in [-0.4, -0.2) is 37.6 Å². The van der Waals surface area contributed by atoms with Crippen LogP contribution in [-0.2, 0) is 0 Å². The van der Waals surface area contributed by atoms with Crippen molar-refractivity contribution in [3.8, 4) is 0 Å². The Labute approximate surface area is 106 Å². The van der Waals surface area contributed by atoms with Crippen molar-refractivity contribution >= 4 is 0 Å². The molecule has 4 atom stereocenters. The summed E-state index contributed by atoms with van der Waals surface area (Å²) in [6, 6.07) is 1.44. The predicted molar refractivity (Wildman–Crippen MR) is 74.1 cm³/mol. The van der Waals surface area contributed by atoms with E-state index in [1.54, 1.807) is 0 Å². The lowest BCUT2D eigenvalue weighted by atomic mass is 9.71. The van der Waals surface area contributed by atoms with E-state index >= 15 is 0 Å². The van der Waals surface area contributed by atoms with E-state index in [1.165, 1.54) is 19.3 Å². The molecule has 2 aliphatic rings. The first-order chi connectivity index (χ1) is 8.08. The van der Waals surface area contributed by atoms with Crippen LogP contribution in [0.25, 0.3) is 0 Å². The molecule has 0 saturated heterocycles. The van der Waals surface area contributed by atoms with Gasteiger partial charge in [0.15, 0.2) is 0 Å². The summed E-state index contributed by atoms with van der Waals surface area (Å²) < 4.78 is 0. The number of rotatable bonds is 6. The highest BCUT2D eigenvalue weighted by Crippen LogP contribution is 2.42. The van der Waals surface area contributed by atoms with Crippen LogP contribution in [0.15, 0.2) is 12.2 Å². The van der Waals surface area contributed by atoms with E-state index in [4.69, 9.17) is 0 Å². The fourth-order valence-corrected chi connectivity index (χ4v) is 3.26. The van der Waals surface area contributed by atoms with Crippen molar-refractivity contribution in [3.63, 3.8) is 0 Å². The first-order valence-electron chi connectivity index (χ1n) is 7.14. The molecule has 2 rings (SSSR count). The second-order valence-electron chi connectivity index (χ2n) is 6.50. The van der Waals surface area contributed by atoms with Gasteiger partial charge in [-0.3, -0.25) is 0 Å². The minimum Gasteiger partial charge on any atom is -0.312 e. The fraction of sp³-hybridized carbons (Fsp3) is 0.867. The van der Waals surface area contributed by atoms with Gasteiger partial charge < -0.3 is 10.2 Å². The summed E-state index contributed by atoms with van der Waals surface area (Å²) in [5.41, 5.74) is 0. The van der Waals surface area contributed by atoms with E-state index in [9.17, 15) is 0 Å². The average molecular weight is 236 g/mol. The normalized spacial score (nSPS) is 32.9. The number of hydrogen-bond donors (Lipinski definition) is 1.